The Bertz CT molecular complexity index is 664. The van der Waals surface area contributed by atoms with Gasteiger partial charge in [-0.3, -0.25) is 4.31 Å². The molecule has 1 heterocycles. The van der Waals surface area contributed by atoms with Crippen LogP contribution in [0.4, 0.5) is 5.69 Å². The number of hydrogen-bond acceptors (Lipinski definition) is 3. The van der Waals surface area contributed by atoms with E-state index in [9.17, 15) is 8.42 Å². The van der Waals surface area contributed by atoms with Gasteiger partial charge in [0.15, 0.2) is 4.21 Å². The number of aryl methyl sites for hydroxylation is 1. The Balaban J connectivity index is 2.46. The van der Waals surface area contributed by atoms with Gasteiger partial charge in [-0.05, 0) is 52.0 Å². The Labute approximate surface area is 119 Å². The lowest BCUT2D eigenvalue weighted by Gasteiger charge is -2.19. The highest BCUT2D eigenvalue weighted by atomic mass is 79.9. The van der Waals surface area contributed by atoms with E-state index >= 15 is 0 Å². The predicted molar refractivity (Wildman–Crippen MR) is 78.8 cm³/mol. The lowest BCUT2D eigenvalue weighted by Crippen LogP contribution is -2.26. The summed E-state index contributed by atoms with van der Waals surface area (Å²) in [6.07, 6.45) is 0. The second-order valence-corrected chi connectivity index (χ2v) is 7.80. The zero-order valence-corrected chi connectivity index (χ0v) is 13.1. The van der Waals surface area contributed by atoms with Crippen molar-refractivity contribution in [3.05, 3.63) is 45.7 Å². The maximum absolute atomic E-state index is 12.4. The fourth-order valence-electron chi connectivity index (χ4n) is 1.55. The molecule has 0 aliphatic carbocycles. The van der Waals surface area contributed by atoms with Gasteiger partial charge in [0.05, 0.1) is 5.69 Å². The fourth-order valence-corrected chi connectivity index (χ4v) is 5.20. The molecule has 0 atom stereocenters. The van der Waals surface area contributed by atoms with Crippen LogP contribution < -0.4 is 4.31 Å². The molecule has 2 rings (SSSR count). The minimum absolute atomic E-state index is 0.325. The SMILES string of the molecule is Cc1cccc(N(C)S(=O)(=O)c2sccc2Br)c1. The highest BCUT2D eigenvalue weighted by molar-refractivity contribution is 9.10. The Morgan fingerprint density at radius 1 is 1.28 bits per heavy atom. The van der Waals surface area contributed by atoms with Gasteiger partial charge in [0.25, 0.3) is 10.0 Å². The number of nitrogens with zero attached hydrogens (tertiary/aromatic N) is 1. The molecule has 0 amide bonds. The van der Waals surface area contributed by atoms with Crippen molar-refractivity contribution in [3.63, 3.8) is 0 Å². The maximum atomic E-state index is 12.4. The van der Waals surface area contributed by atoms with Gasteiger partial charge in [-0.2, -0.15) is 0 Å². The van der Waals surface area contributed by atoms with E-state index in [4.69, 9.17) is 0 Å². The highest BCUT2D eigenvalue weighted by Gasteiger charge is 2.25. The molecule has 6 heteroatoms. The van der Waals surface area contributed by atoms with Crippen LogP contribution in [0.5, 0.6) is 0 Å². The van der Waals surface area contributed by atoms with Gasteiger partial charge in [0, 0.05) is 11.5 Å². The molecule has 0 spiro atoms. The number of hydrogen-bond donors (Lipinski definition) is 0. The van der Waals surface area contributed by atoms with Crippen LogP contribution in [0.2, 0.25) is 0 Å². The molecule has 2 aromatic rings. The van der Waals surface area contributed by atoms with Crippen molar-refractivity contribution in [3.8, 4) is 0 Å². The van der Waals surface area contributed by atoms with Gasteiger partial charge in [-0.25, -0.2) is 8.42 Å². The Morgan fingerprint density at radius 2 is 2.00 bits per heavy atom. The third-order valence-corrected chi connectivity index (χ3v) is 6.98. The summed E-state index contributed by atoms with van der Waals surface area (Å²) in [4.78, 5) is 0. The summed E-state index contributed by atoms with van der Waals surface area (Å²) in [6.45, 7) is 1.94. The van der Waals surface area contributed by atoms with Crippen LogP contribution in [0.1, 0.15) is 5.56 Å². The molecule has 0 fully saturated rings. The van der Waals surface area contributed by atoms with Crippen molar-refractivity contribution in [2.45, 2.75) is 11.1 Å². The number of benzene rings is 1. The van der Waals surface area contributed by atoms with E-state index in [1.165, 1.54) is 15.6 Å². The topological polar surface area (TPSA) is 37.4 Å². The molecule has 0 aliphatic rings. The minimum atomic E-state index is -3.49. The fraction of sp³-hybridized carbons (Fsp3) is 0.167. The van der Waals surface area contributed by atoms with E-state index in [0.29, 0.717) is 14.4 Å². The van der Waals surface area contributed by atoms with Gasteiger partial charge < -0.3 is 0 Å². The third kappa shape index (κ3) is 2.46. The highest BCUT2D eigenvalue weighted by Crippen LogP contribution is 2.32. The molecule has 3 nitrogen and oxygen atoms in total. The van der Waals surface area contributed by atoms with Crippen LogP contribution in [-0.2, 0) is 10.0 Å². The molecule has 0 radical (unpaired) electrons. The van der Waals surface area contributed by atoms with E-state index in [-0.39, 0.29) is 0 Å². The van der Waals surface area contributed by atoms with Gasteiger partial charge in [-0.15, -0.1) is 11.3 Å². The van der Waals surface area contributed by atoms with E-state index < -0.39 is 10.0 Å². The number of sulfonamides is 1. The summed E-state index contributed by atoms with van der Waals surface area (Å²) < 4.78 is 27.1. The van der Waals surface area contributed by atoms with Gasteiger partial charge in [0.2, 0.25) is 0 Å². The molecule has 18 heavy (non-hydrogen) atoms. The summed E-state index contributed by atoms with van der Waals surface area (Å²) in [7, 11) is -1.93. The molecule has 0 aliphatic heterocycles. The zero-order chi connectivity index (χ0) is 13.3. The summed E-state index contributed by atoms with van der Waals surface area (Å²) in [5, 5.41) is 1.75. The zero-order valence-electron chi connectivity index (χ0n) is 9.92. The van der Waals surface area contributed by atoms with Crippen LogP contribution in [0.25, 0.3) is 0 Å². The number of rotatable bonds is 3. The van der Waals surface area contributed by atoms with E-state index in [0.717, 1.165) is 5.56 Å². The van der Waals surface area contributed by atoms with Gasteiger partial charge in [-0.1, -0.05) is 12.1 Å². The minimum Gasteiger partial charge on any atom is -0.269 e. The average molecular weight is 346 g/mol. The summed E-state index contributed by atoms with van der Waals surface area (Å²) in [5.74, 6) is 0. The monoisotopic (exact) mass is 345 g/mol. The molecule has 0 bridgehead atoms. The van der Waals surface area contributed by atoms with Crippen LogP contribution in [0.3, 0.4) is 0 Å². The Morgan fingerprint density at radius 3 is 2.56 bits per heavy atom. The first kappa shape index (κ1) is 13.6. The van der Waals surface area contributed by atoms with Crippen LogP contribution in [0, 0.1) is 6.92 Å². The predicted octanol–water partition coefficient (Wildman–Crippen LogP) is 3.64. The lowest BCUT2D eigenvalue weighted by atomic mass is 10.2. The van der Waals surface area contributed by atoms with Gasteiger partial charge in [0.1, 0.15) is 0 Å². The Hall–Kier alpha value is -0.850. The average Bonchev–Trinajstić information content (AvgIpc) is 2.75. The molecule has 96 valence electrons. The quantitative estimate of drug-likeness (QED) is 0.851. The molecule has 0 unspecified atom stereocenters. The smallest absolute Gasteiger partial charge is 0.269 e. The van der Waals surface area contributed by atoms with Crippen LogP contribution in [-0.4, -0.2) is 15.5 Å². The summed E-state index contributed by atoms with van der Waals surface area (Å²) >= 11 is 4.47. The van der Waals surface area contributed by atoms with E-state index in [2.05, 4.69) is 15.9 Å². The van der Waals surface area contributed by atoms with Crippen molar-refractivity contribution in [2.75, 3.05) is 11.4 Å². The van der Waals surface area contributed by atoms with Crippen molar-refractivity contribution in [1.82, 2.24) is 0 Å². The summed E-state index contributed by atoms with van der Waals surface area (Å²) in [5.41, 5.74) is 1.69. The first-order valence-electron chi connectivity index (χ1n) is 5.21. The van der Waals surface area contributed by atoms with E-state index in [1.54, 1.807) is 24.6 Å². The molecular weight excluding hydrogens is 334 g/mol. The largest absolute Gasteiger partial charge is 0.274 e. The van der Waals surface area contributed by atoms with Crippen LogP contribution >= 0.6 is 27.3 Å². The van der Waals surface area contributed by atoms with Crippen molar-refractivity contribution in [2.24, 2.45) is 0 Å². The van der Waals surface area contributed by atoms with Crippen LogP contribution in [0.15, 0.2) is 44.4 Å². The molecule has 0 saturated carbocycles. The third-order valence-electron chi connectivity index (χ3n) is 2.54. The molecule has 0 saturated heterocycles. The number of halogens is 1. The molecule has 0 N–H and O–H groups in total. The number of thiophene rings is 1. The second kappa shape index (κ2) is 5.03. The second-order valence-electron chi connectivity index (χ2n) is 3.87. The Kier molecular flexibility index (Phi) is 3.79. The summed E-state index contributed by atoms with van der Waals surface area (Å²) in [6, 6.07) is 9.15. The maximum Gasteiger partial charge on any atom is 0.274 e. The lowest BCUT2D eigenvalue weighted by molar-refractivity contribution is 0.596. The van der Waals surface area contributed by atoms with Crippen molar-refractivity contribution < 1.29 is 8.42 Å². The number of anilines is 1. The first-order valence-corrected chi connectivity index (χ1v) is 8.33. The molecule has 1 aromatic heterocycles. The molecular formula is C12H12BrNO2S2. The van der Waals surface area contributed by atoms with Crippen molar-refractivity contribution >= 4 is 43.0 Å². The van der Waals surface area contributed by atoms with E-state index in [1.807, 2.05) is 25.1 Å². The normalized spacial score (nSPS) is 11.5. The standard InChI is InChI=1S/C12H12BrNO2S2/c1-9-4-3-5-10(8-9)14(2)18(15,16)12-11(13)6-7-17-12/h3-8H,1-2H3. The molecule has 1 aromatic carbocycles. The van der Waals surface area contributed by atoms with Crippen molar-refractivity contribution in [1.29, 1.82) is 0 Å². The van der Waals surface area contributed by atoms with Gasteiger partial charge >= 0.3 is 0 Å². The first-order chi connectivity index (χ1) is 8.43.